The van der Waals surface area contributed by atoms with Crippen LogP contribution in [0.15, 0.2) is 44.9 Å². The van der Waals surface area contributed by atoms with Crippen molar-refractivity contribution >= 4 is 68.4 Å². The molecular weight excluding hydrogens is 390 g/mol. The third kappa shape index (κ3) is 5.04. The fourth-order valence-corrected chi connectivity index (χ4v) is 2.79. The van der Waals surface area contributed by atoms with Crippen LogP contribution >= 0.6 is 62.7 Å². The second kappa shape index (κ2) is 7.60. The molecule has 7 heteroatoms. The van der Waals surface area contributed by atoms with Crippen molar-refractivity contribution in [2.75, 3.05) is 4.72 Å². The Morgan fingerprint density at radius 2 is 2.11 bits per heavy atom. The molecular formula is C12H10BrCl3N2S. The van der Waals surface area contributed by atoms with Crippen molar-refractivity contribution in [3.63, 3.8) is 0 Å². The van der Waals surface area contributed by atoms with Gasteiger partial charge in [0.15, 0.2) is 5.15 Å². The van der Waals surface area contributed by atoms with Gasteiger partial charge in [0, 0.05) is 25.6 Å². The summed E-state index contributed by atoms with van der Waals surface area (Å²) in [6.45, 7) is 9.16. The molecule has 0 amide bonds. The largest absolute Gasteiger partial charge is 0.323 e. The number of rotatable bonds is 5. The summed E-state index contributed by atoms with van der Waals surface area (Å²) < 4.78 is 3.95. The number of nitrogens with zero attached hydrogens (tertiary/aromatic N) is 1. The van der Waals surface area contributed by atoms with Crippen molar-refractivity contribution in [3.8, 4) is 0 Å². The SMILES string of the molecule is C=C(Cl)/C=C(/SNc1c(Cl)ncc(Br)c1C)C(=C)Cl. The Balaban J connectivity index is 2.95. The van der Waals surface area contributed by atoms with Crippen molar-refractivity contribution in [3.05, 3.63) is 55.6 Å². The lowest BCUT2D eigenvalue weighted by atomic mass is 10.3. The van der Waals surface area contributed by atoms with Gasteiger partial charge >= 0.3 is 0 Å². The maximum Gasteiger partial charge on any atom is 0.153 e. The van der Waals surface area contributed by atoms with E-state index in [4.69, 9.17) is 34.8 Å². The van der Waals surface area contributed by atoms with Gasteiger partial charge in [0.25, 0.3) is 0 Å². The molecule has 0 atom stereocenters. The first-order valence-corrected chi connectivity index (χ1v) is 7.71. The first-order valence-electron chi connectivity index (χ1n) is 4.97. The average molecular weight is 401 g/mol. The highest BCUT2D eigenvalue weighted by molar-refractivity contribution is 9.10. The number of anilines is 1. The maximum atomic E-state index is 6.04. The summed E-state index contributed by atoms with van der Waals surface area (Å²) in [5, 5.41) is 1.09. The van der Waals surface area contributed by atoms with E-state index >= 15 is 0 Å². The molecule has 1 aromatic rings. The third-order valence-electron chi connectivity index (χ3n) is 2.05. The highest BCUT2D eigenvalue weighted by atomic mass is 79.9. The predicted octanol–water partition coefficient (Wildman–Crippen LogP) is 6.25. The Labute approximate surface area is 140 Å². The molecule has 0 bridgehead atoms. The summed E-state index contributed by atoms with van der Waals surface area (Å²) in [4.78, 5) is 4.70. The molecule has 0 saturated carbocycles. The topological polar surface area (TPSA) is 24.9 Å². The van der Waals surface area contributed by atoms with E-state index in [1.165, 1.54) is 11.9 Å². The number of pyridine rings is 1. The van der Waals surface area contributed by atoms with Gasteiger partial charge in [-0.15, -0.1) is 0 Å². The molecule has 0 spiro atoms. The lowest BCUT2D eigenvalue weighted by molar-refractivity contribution is 1.27. The zero-order valence-corrected chi connectivity index (χ0v) is 14.6. The second-order valence-corrected chi connectivity index (χ2v) is 6.46. The minimum Gasteiger partial charge on any atom is -0.323 e. The predicted molar refractivity (Wildman–Crippen MR) is 91.0 cm³/mol. The van der Waals surface area contributed by atoms with Crippen molar-refractivity contribution in [2.24, 2.45) is 0 Å². The molecule has 2 nitrogen and oxygen atoms in total. The van der Waals surface area contributed by atoms with Gasteiger partial charge in [-0.1, -0.05) is 48.0 Å². The number of hydrogen-bond acceptors (Lipinski definition) is 3. The van der Waals surface area contributed by atoms with Gasteiger partial charge in [0.2, 0.25) is 0 Å². The molecule has 1 N–H and O–H groups in total. The van der Waals surface area contributed by atoms with Crippen molar-refractivity contribution in [1.29, 1.82) is 0 Å². The Kier molecular flexibility index (Phi) is 6.77. The Morgan fingerprint density at radius 1 is 1.47 bits per heavy atom. The van der Waals surface area contributed by atoms with Gasteiger partial charge in [0.1, 0.15) is 0 Å². The Hall–Kier alpha value is -0.130. The molecule has 1 aromatic heterocycles. The standard InChI is InChI=1S/C12H10BrCl3N2S/c1-6(14)4-10(8(3)15)19-18-11-7(2)9(13)5-17-12(11)16/h4-5,18H,1,3H2,2H3/b10-4+. The summed E-state index contributed by atoms with van der Waals surface area (Å²) in [6.07, 6.45) is 3.26. The lowest BCUT2D eigenvalue weighted by Crippen LogP contribution is -1.95. The van der Waals surface area contributed by atoms with Crippen molar-refractivity contribution < 1.29 is 0 Å². The van der Waals surface area contributed by atoms with Gasteiger partial charge in [-0.3, -0.25) is 0 Å². The van der Waals surface area contributed by atoms with E-state index in [0.717, 1.165) is 10.0 Å². The highest BCUT2D eigenvalue weighted by Crippen LogP contribution is 2.35. The van der Waals surface area contributed by atoms with Crippen LogP contribution in [0.4, 0.5) is 5.69 Å². The summed E-state index contributed by atoms with van der Waals surface area (Å²) >= 11 is 22.3. The smallest absolute Gasteiger partial charge is 0.153 e. The van der Waals surface area contributed by atoms with Crippen LogP contribution in [0.25, 0.3) is 0 Å². The van der Waals surface area contributed by atoms with E-state index in [1.807, 2.05) is 6.92 Å². The van der Waals surface area contributed by atoms with Crippen molar-refractivity contribution in [2.45, 2.75) is 6.92 Å². The van der Waals surface area contributed by atoms with Gasteiger partial charge in [-0.25, -0.2) is 4.98 Å². The Bertz CT molecular complexity index is 558. The molecule has 1 rings (SSSR count). The molecule has 0 fully saturated rings. The molecule has 0 unspecified atom stereocenters. The zero-order valence-electron chi connectivity index (χ0n) is 9.94. The van der Waals surface area contributed by atoms with E-state index in [1.54, 1.807) is 12.3 Å². The normalized spacial score (nSPS) is 11.3. The Morgan fingerprint density at radius 3 is 2.63 bits per heavy atom. The summed E-state index contributed by atoms with van der Waals surface area (Å²) in [5.74, 6) is 0. The number of allylic oxidation sites excluding steroid dienone is 3. The van der Waals surface area contributed by atoms with Crippen LogP contribution in [0, 0.1) is 6.92 Å². The molecule has 1 heterocycles. The zero-order chi connectivity index (χ0) is 14.6. The summed E-state index contributed by atoms with van der Waals surface area (Å²) in [6, 6.07) is 0. The molecule has 102 valence electrons. The molecule has 0 aromatic carbocycles. The van der Waals surface area contributed by atoms with Crippen LogP contribution in [0.2, 0.25) is 5.15 Å². The fourth-order valence-electron chi connectivity index (χ4n) is 1.08. The van der Waals surface area contributed by atoms with Gasteiger partial charge in [0.05, 0.1) is 5.69 Å². The number of nitrogens with one attached hydrogen (secondary N) is 1. The second-order valence-electron chi connectivity index (χ2n) is 3.46. The van der Waals surface area contributed by atoms with E-state index in [9.17, 15) is 0 Å². The van der Waals surface area contributed by atoms with Crippen LogP contribution in [0.5, 0.6) is 0 Å². The molecule has 19 heavy (non-hydrogen) atoms. The first-order chi connectivity index (χ1) is 8.82. The van der Waals surface area contributed by atoms with Crippen LogP contribution in [0.1, 0.15) is 5.56 Å². The van der Waals surface area contributed by atoms with Crippen LogP contribution < -0.4 is 4.72 Å². The fraction of sp³-hybridized carbons (Fsp3) is 0.0833. The monoisotopic (exact) mass is 398 g/mol. The van der Waals surface area contributed by atoms with Gasteiger partial charge in [-0.2, -0.15) is 0 Å². The molecule has 0 radical (unpaired) electrons. The van der Waals surface area contributed by atoms with E-state index < -0.39 is 0 Å². The molecule has 0 aliphatic carbocycles. The average Bonchev–Trinajstić information content (AvgIpc) is 2.32. The molecule has 0 aliphatic rings. The summed E-state index contributed by atoms with van der Waals surface area (Å²) in [5.41, 5.74) is 1.64. The first kappa shape index (κ1) is 16.9. The van der Waals surface area contributed by atoms with Crippen LogP contribution in [-0.2, 0) is 0 Å². The minimum atomic E-state index is 0.357. The highest BCUT2D eigenvalue weighted by Gasteiger charge is 2.10. The van der Waals surface area contributed by atoms with E-state index in [2.05, 4.69) is 38.8 Å². The van der Waals surface area contributed by atoms with Gasteiger partial charge < -0.3 is 4.72 Å². The quantitative estimate of drug-likeness (QED) is 0.359. The molecule has 0 saturated heterocycles. The van der Waals surface area contributed by atoms with E-state index in [-0.39, 0.29) is 0 Å². The summed E-state index contributed by atoms with van der Waals surface area (Å²) in [7, 11) is 0. The third-order valence-corrected chi connectivity index (χ3v) is 4.45. The minimum absolute atomic E-state index is 0.357. The number of halogens is 4. The van der Waals surface area contributed by atoms with Gasteiger partial charge in [-0.05, 0) is 46.4 Å². The van der Waals surface area contributed by atoms with E-state index in [0.29, 0.717) is 25.8 Å². The molecule has 0 aliphatic heterocycles. The number of aromatic nitrogens is 1. The maximum absolute atomic E-state index is 6.04. The van der Waals surface area contributed by atoms with Crippen LogP contribution in [-0.4, -0.2) is 4.98 Å². The lowest BCUT2D eigenvalue weighted by Gasteiger charge is -2.12. The van der Waals surface area contributed by atoms with Crippen LogP contribution in [0.3, 0.4) is 0 Å². The van der Waals surface area contributed by atoms with Crippen molar-refractivity contribution in [1.82, 2.24) is 4.98 Å². The number of hydrogen-bond donors (Lipinski definition) is 1.